The van der Waals surface area contributed by atoms with E-state index in [1.807, 2.05) is 0 Å². The SMILES string of the molecule is COc1ccc([N+]2=C(N)C(=NC(=O)c3ccc(OC(C)=O)c(OC(C)=O)c3)C(=O)N(C)C2=O)cc1. The highest BCUT2D eigenvalue weighted by atomic mass is 16.6. The zero-order chi connectivity index (χ0) is 25.9. The maximum atomic E-state index is 12.9. The zero-order valence-corrected chi connectivity index (χ0v) is 19.2. The topological polar surface area (TPSA) is 158 Å². The molecule has 2 aromatic rings. The summed E-state index contributed by atoms with van der Waals surface area (Å²) in [6.45, 7) is 2.28. The highest BCUT2D eigenvalue weighted by molar-refractivity contribution is 6.68. The number of carbonyl (C=O) groups is 5. The molecule has 0 aliphatic carbocycles. The fourth-order valence-corrected chi connectivity index (χ4v) is 3.08. The lowest BCUT2D eigenvalue weighted by Crippen LogP contribution is -2.55. The van der Waals surface area contributed by atoms with Crippen LogP contribution in [0.2, 0.25) is 0 Å². The highest BCUT2D eigenvalue weighted by Crippen LogP contribution is 2.29. The predicted octanol–water partition coefficient (Wildman–Crippen LogP) is 1.42. The molecule has 0 unspecified atom stereocenters. The van der Waals surface area contributed by atoms with Crippen molar-refractivity contribution in [1.29, 1.82) is 0 Å². The van der Waals surface area contributed by atoms with Crippen LogP contribution in [0.25, 0.3) is 0 Å². The first-order chi connectivity index (χ1) is 16.5. The Hall–Kier alpha value is -4.87. The van der Waals surface area contributed by atoms with Gasteiger partial charge in [-0.1, -0.05) is 0 Å². The molecule has 0 fully saturated rings. The van der Waals surface area contributed by atoms with E-state index >= 15 is 0 Å². The van der Waals surface area contributed by atoms with Crippen LogP contribution in [0, 0.1) is 0 Å². The van der Waals surface area contributed by atoms with Crippen LogP contribution in [-0.2, 0) is 14.4 Å². The molecular weight excluding hydrogens is 460 g/mol. The number of hydrogen-bond acceptors (Lipinski definition) is 9. The summed E-state index contributed by atoms with van der Waals surface area (Å²) in [7, 11) is 2.70. The minimum Gasteiger partial charge on any atom is -0.497 e. The van der Waals surface area contributed by atoms with E-state index in [1.165, 1.54) is 26.3 Å². The van der Waals surface area contributed by atoms with Crippen molar-refractivity contribution in [1.82, 2.24) is 4.90 Å². The third-order valence-electron chi connectivity index (χ3n) is 4.71. The molecule has 0 spiro atoms. The Morgan fingerprint density at radius 1 is 0.943 bits per heavy atom. The van der Waals surface area contributed by atoms with E-state index in [9.17, 15) is 24.0 Å². The molecule has 0 atom stereocenters. The van der Waals surface area contributed by atoms with Crippen molar-refractivity contribution in [3.05, 3.63) is 48.0 Å². The molecule has 0 bridgehead atoms. The van der Waals surface area contributed by atoms with Gasteiger partial charge < -0.3 is 19.9 Å². The molecule has 1 heterocycles. The number of rotatable bonds is 5. The molecule has 1 aliphatic rings. The first kappa shape index (κ1) is 24.8. The third-order valence-corrected chi connectivity index (χ3v) is 4.71. The summed E-state index contributed by atoms with van der Waals surface area (Å²) in [5, 5.41) is 0. The Labute approximate surface area is 199 Å². The fourth-order valence-electron chi connectivity index (χ4n) is 3.08. The molecule has 180 valence electrons. The molecule has 0 saturated heterocycles. The van der Waals surface area contributed by atoms with E-state index in [4.69, 9.17) is 19.9 Å². The van der Waals surface area contributed by atoms with Gasteiger partial charge in [-0.3, -0.25) is 14.4 Å². The maximum Gasteiger partial charge on any atom is 0.451 e. The molecule has 4 amide bonds. The number of aliphatic imine (C=N–C) groups is 1. The Morgan fingerprint density at radius 2 is 1.54 bits per heavy atom. The average molecular weight is 481 g/mol. The van der Waals surface area contributed by atoms with Crippen LogP contribution < -0.4 is 19.9 Å². The predicted molar refractivity (Wildman–Crippen MR) is 121 cm³/mol. The van der Waals surface area contributed by atoms with Gasteiger partial charge in [-0.25, -0.2) is 9.59 Å². The normalized spacial score (nSPS) is 14.7. The van der Waals surface area contributed by atoms with Crippen molar-refractivity contribution in [3.8, 4) is 17.2 Å². The van der Waals surface area contributed by atoms with E-state index in [1.54, 1.807) is 24.3 Å². The number of nitrogens with zero attached hydrogens (tertiary/aromatic N) is 3. The van der Waals surface area contributed by atoms with Gasteiger partial charge in [-0.2, -0.15) is 14.5 Å². The number of carbonyl (C=O) groups excluding carboxylic acids is 5. The number of ether oxygens (including phenoxy) is 3. The Morgan fingerprint density at radius 3 is 2.11 bits per heavy atom. The van der Waals surface area contributed by atoms with Gasteiger partial charge in [0, 0.05) is 19.4 Å². The monoisotopic (exact) mass is 481 g/mol. The fraction of sp³-hybridized carbons (Fsp3) is 0.174. The van der Waals surface area contributed by atoms with Gasteiger partial charge in [0.15, 0.2) is 11.5 Å². The van der Waals surface area contributed by atoms with Crippen molar-refractivity contribution in [2.24, 2.45) is 10.7 Å². The second-order valence-electron chi connectivity index (χ2n) is 7.18. The minimum absolute atomic E-state index is 0.0901. The molecule has 1 aliphatic heterocycles. The van der Waals surface area contributed by atoms with Crippen molar-refractivity contribution in [3.63, 3.8) is 0 Å². The summed E-state index contributed by atoms with van der Waals surface area (Å²) in [6.07, 6.45) is 0. The van der Waals surface area contributed by atoms with Crippen LogP contribution in [0.1, 0.15) is 24.2 Å². The van der Waals surface area contributed by atoms with Crippen LogP contribution in [-0.4, -0.2) is 65.0 Å². The molecule has 0 radical (unpaired) electrons. The van der Waals surface area contributed by atoms with E-state index in [0.717, 1.165) is 29.4 Å². The summed E-state index contributed by atoms with van der Waals surface area (Å²) >= 11 is 0. The molecular formula is C23H21N4O8+. The quantitative estimate of drug-likeness (QED) is 0.379. The Kier molecular flexibility index (Phi) is 7.04. The highest BCUT2D eigenvalue weighted by Gasteiger charge is 2.42. The summed E-state index contributed by atoms with van der Waals surface area (Å²) < 4.78 is 16.1. The van der Waals surface area contributed by atoms with Crippen molar-refractivity contribution in [2.75, 3.05) is 14.2 Å². The molecule has 12 heteroatoms. The van der Waals surface area contributed by atoms with Gasteiger partial charge in [-0.05, 0) is 42.5 Å². The lowest BCUT2D eigenvalue weighted by atomic mass is 10.1. The third kappa shape index (κ3) is 5.21. The van der Waals surface area contributed by atoms with E-state index in [-0.39, 0.29) is 22.9 Å². The van der Waals surface area contributed by atoms with Gasteiger partial charge >= 0.3 is 23.9 Å². The lowest BCUT2D eigenvalue weighted by Gasteiger charge is -2.20. The molecule has 2 N–H and O–H groups in total. The van der Waals surface area contributed by atoms with E-state index in [0.29, 0.717) is 11.4 Å². The first-order valence-corrected chi connectivity index (χ1v) is 10.1. The number of methoxy groups -OCH3 is 1. The second kappa shape index (κ2) is 9.95. The van der Waals surface area contributed by atoms with Crippen molar-refractivity contribution < 1.29 is 42.8 Å². The number of nitrogens with two attached hydrogens (primary N) is 1. The summed E-state index contributed by atoms with van der Waals surface area (Å²) in [6, 6.07) is 9.17. The molecule has 0 saturated carbocycles. The van der Waals surface area contributed by atoms with Gasteiger partial charge in [0.1, 0.15) is 11.4 Å². The Bertz CT molecular complexity index is 1310. The zero-order valence-electron chi connectivity index (χ0n) is 19.2. The molecule has 35 heavy (non-hydrogen) atoms. The number of amidine groups is 1. The van der Waals surface area contributed by atoms with Crippen LogP contribution in [0.5, 0.6) is 17.2 Å². The maximum absolute atomic E-state index is 12.9. The van der Waals surface area contributed by atoms with Gasteiger partial charge in [0.25, 0.3) is 11.7 Å². The number of esters is 2. The minimum atomic E-state index is -0.920. The van der Waals surface area contributed by atoms with Crippen molar-refractivity contribution >= 4 is 47.0 Å². The van der Waals surface area contributed by atoms with Crippen LogP contribution in [0.15, 0.2) is 47.5 Å². The van der Waals surface area contributed by atoms with Crippen LogP contribution in [0.3, 0.4) is 0 Å². The molecule has 12 nitrogen and oxygen atoms in total. The summed E-state index contributed by atoms with van der Waals surface area (Å²) in [5.41, 5.74) is 5.86. The molecule has 3 rings (SSSR count). The number of imide groups is 1. The number of urea groups is 1. The number of amides is 4. The molecule has 0 aromatic heterocycles. The average Bonchev–Trinajstić information content (AvgIpc) is 2.81. The first-order valence-electron chi connectivity index (χ1n) is 10.1. The molecule has 2 aromatic carbocycles. The smallest absolute Gasteiger partial charge is 0.451 e. The van der Waals surface area contributed by atoms with E-state index < -0.39 is 35.5 Å². The largest absolute Gasteiger partial charge is 0.497 e. The van der Waals surface area contributed by atoms with Crippen LogP contribution >= 0.6 is 0 Å². The van der Waals surface area contributed by atoms with Crippen molar-refractivity contribution in [2.45, 2.75) is 13.8 Å². The lowest BCUT2D eigenvalue weighted by molar-refractivity contribution is -0.342. The number of benzene rings is 2. The van der Waals surface area contributed by atoms with E-state index in [2.05, 4.69) is 4.99 Å². The van der Waals surface area contributed by atoms with Crippen LogP contribution in [0.4, 0.5) is 10.5 Å². The Balaban J connectivity index is 2.07. The van der Waals surface area contributed by atoms with Gasteiger partial charge in [0.2, 0.25) is 5.71 Å². The number of hydrogen-bond donors (Lipinski definition) is 1. The summed E-state index contributed by atoms with van der Waals surface area (Å²) in [4.78, 5) is 65.7. The van der Waals surface area contributed by atoms with Gasteiger partial charge in [-0.15, -0.1) is 0 Å². The summed E-state index contributed by atoms with van der Waals surface area (Å²) in [5.74, 6) is -3.30. The van der Waals surface area contributed by atoms with Gasteiger partial charge in [0.05, 0.1) is 14.2 Å². The second-order valence-corrected chi connectivity index (χ2v) is 7.18. The standard InChI is InChI=1S/C23H20N4O8/c1-12(28)34-17-10-5-14(11-18(17)35-13(2)29)21(30)25-19-20(24)27(23(32)26(3)22(19)31)15-6-8-16(33-4)9-7-15/h5-11,24H,1-4H3/p+1.